The third kappa shape index (κ3) is 3.99. The van der Waals surface area contributed by atoms with Crippen molar-refractivity contribution in [3.63, 3.8) is 0 Å². The van der Waals surface area contributed by atoms with E-state index < -0.39 is 0 Å². The maximum atomic E-state index is 12.7. The van der Waals surface area contributed by atoms with E-state index in [1.165, 1.54) is 36.4 Å². The molecule has 98 valence electrons. The van der Waals surface area contributed by atoms with Gasteiger partial charge < -0.3 is 15.2 Å². The predicted octanol–water partition coefficient (Wildman–Crippen LogP) is 2.55. The van der Waals surface area contributed by atoms with Crippen LogP contribution in [0.15, 0.2) is 48.5 Å². The second-order valence-corrected chi connectivity index (χ2v) is 3.84. The lowest BCUT2D eigenvalue weighted by atomic mass is 10.3. The Morgan fingerprint density at radius 3 is 2.37 bits per heavy atom. The van der Waals surface area contributed by atoms with Gasteiger partial charge in [-0.2, -0.15) is 0 Å². The van der Waals surface area contributed by atoms with Gasteiger partial charge in [-0.25, -0.2) is 4.39 Å². The molecule has 0 aromatic heterocycles. The molecule has 0 saturated heterocycles. The minimum Gasteiger partial charge on any atom is -0.508 e. The van der Waals surface area contributed by atoms with Crippen molar-refractivity contribution in [2.75, 3.05) is 11.9 Å². The van der Waals surface area contributed by atoms with Crippen molar-refractivity contribution in [1.29, 1.82) is 0 Å². The second-order valence-electron chi connectivity index (χ2n) is 3.84. The van der Waals surface area contributed by atoms with E-state index >= 15 is 0 Å². The molecule has 4 nitrogen and oxygen atoms in total. The summed E-state index contributed by atoms with van der Waals surface area (Å²) in [7, 11) is 0. The number of hydrogen-bond acceptors (Lipinski definition) is 3. The van der Waals surface area contributed by atoms with Crippen LogP contribution >= 0.6 is 0 Å². The van der Waals surface area contributed by atoms with Gasteiger partial charge in [0.15, 0.2) is 6.61 Å². The number of carbonyl (C=O) groups excluding carboxylic acids is 1. The Morgan fingerprint density at radius 2 is 1.74 bits per heavy atom. The second kappa shape index (κ2) is 5.86. The number of anilines is 1. The standard InChI is InChI=1S/C14H12FNO3/c15-10-1-7-13(8-2-10)19-9-14(18)16-11-3-5-12(17)6-4-11/h1-8,17H,9H2,(H,16,18). The molecule has 2 N–H and O–H groups in total. The van der Waals surface area contributed by atoms with E-state index in [1.54, 1.807) is 12.1 Å². The van der Waals surface area contributed by atoms with E-state index in [0.29, 0.717) is 11.4 Å². The fourth-order valence-corrected chi connectivity index (χ4v) is 1.42. The van der Waals surface area contributed by atoms with E-state index in [1.807, 2.05) is 0 Å². The molecular weight excluding hydrogens is 249 g/mol. The molecule has 0 heterocycles. The first-order valence-electron chi connectivity index (χ1n) is 5.61. The van der Waals surface area contributed by atoms with Crippen molar-refractivity contribution >= 4 is 11.6 Å². The Bertz CT molecular complexity index is 552. The molecule has 0 radical (unpaired) electrons. The van der Waals surface area contributed by atoms with E-state index in [9.17, 15) is 9.18 Å². The van der Waals surface area contributed by atoms with Crippen LogP contribution in [-0.2, 0) is 4.79 Å². The maximum absolute atomic E-state index is 12.7. The van der Waals surface area contributed by atoms with Crippen LogP contribution in [0.2, 0.25) is 0 Å². The van der Waals surface area contributed by atoms with Crippen molar-refractivity contribution in [3.05, 3.63) is 54.3 Å². The van der Waals surface area contributed by atoms with Crippen molar-refractivity contribution in [3.8, 4) is 11.5 Å². The summed E-state index contributed by atoms with van der Waals surface area (Å²) in [6, 6.07) is 11.5. The third-order valence-electron chi connectivity index (χ3n) is 2.33. The van der Waals surface area contributed by atoms with Crippen LogP contribution in [0, 0.1) is 5.82 Å². The maximum Gasteiger partial charge on any atom is 0.262 e. The van der Waals surface area contributed by atoms with Gasteiger partial charge in [0.2, 0.25) is 0 Å². The average Bonchev–Trinajstić information content (AvgIpc) is 2.41. The molecule has 0 fully saturated rings. The Labute approximate surface area is 109 Å². The lowest BCUT2D eigenvalue weighted by molar-refractivity contribution is -0.118. The lowest BCUT2D eigenvalue weighted by Gasteiger charge is -2.07. The molecule has 0 atom stereocenters. The highest BCUT2D eigenvalue weighted by Crippen LogP contribution is 2.14. The van der Waals surface area contributed by atoms with Gasteiger partial charge in [0.1, 0.15) is 17.3 Å². The molecule has 0 unspecified atom stereocenters. The first kappa shape index (κ1) is 12.9. The van der Waals surface area contributed by atoms with Gasteiger partial charge >= 0.3 is 0 Å². The zero-order valence-corrected chi connectivity index (χ0v) is 9.97. The van der Waals surface area contributed by atoms with Crippen LogP contribution in [0.5, 0.6) is 11.5 Å². The molecule has 2 aromatic carbocycles. The highest BCUT2D eigenvalue weighted by atomic mass is 19.1. The number of benzene rings is 2. The highest BCUT2D eigenvalue weighted by molar-refractivity contribution is 5.91. The smallest absolute Gasteiger partial charge is 0.262 e. The normalized spacial score (nSPS) is 9.95. The van der Waals surface area contributed by atoms with Gasteiger partial charge in [-0.05, 0) is 48.5 Å². The summed E-state index contributed by atoms with van der Waals surface area (Å²) in [5, 5.41) is 11.7. The SMILES string of the molecule is O=C(COc1ccc(F)cc1)Nc1ccc(O)cc1. The van der Waals surface area contributed by atoms with Crippen molar-refractivity contribution in [1.82, 2.24) is 0 Å². The van der Waals surface area contributed by atoms with Crippen LogP contribution in [-0.4, -0.2) is 17.6 Å². The molecule has 2 aromatic rings. The van der Waals surface area contributed by atoms with Crippen LogP contribution in [0.3, 0.4) is 0 Å². The van der Waals surface area contributed by atoms with E-state index in [0.717, 1.165) is 0 Å². The monoisotopic (exact) mass is 261 g/mol. The minimum absolute atomic E-state index is 0.126. The topological polar surface area (TPSA) is 58.6 Å². The Kier molecular flexibility index (Phi) is 3.97. The van der Waals surface area contributed by atoms with Gasteiger partial charge in [0.25, 0.3) is 5.91 Å². The fraction of sp³-hybridized carbons (Fsp3) is 0.0714. The van der Waals surface area contributed by atoms with Crippen LogP contribution in [0.1, 0.15) is 0 Å². The number of phenols is 1. The number of hydrogen-bond donors (Lipinski definition) is 2. The Balaban J connectivity index is 1.84. The van der Waals surface area contributed by atoms with Gasteiger partial charge in [0.05, 0.1) is 0 Å². The van der Waals surface area contributed by atoms with Crippen LogP contribution < -0.4 is 10.1 Å². The molecule has 0 aliphatic rings. The molecule has 2 rings (SSSR count). The van der Waals surface area contributed by atoms with Crippen molar-refractivity contribution in [2.45, 2.75) is 0 Å². The average molecular weight is 261 g/mol. The van der Waals surface area contributed by atoms with Crippen LogP contribution in [0.4, 0.5) is 10.1 Å². The summed E-state index contributed by atoms with van der Waals surface area (Å²) in [5.41, 5.74) is 0.561. The number of ether oxygens (including phenoxy) is 1. The lowest BCUT2D eigenvalue weighted by Crippen LogP contribution is -2.20. The summed E-state index contributed by atoms with van der Waals surface area (Å²) in [6.07, 6.45) is 0. The largest absolute Gasteiger partial charge is 0.508 e. The predicted molar refractivity (Wildman–Crippen MR) is 68.6 cm³/mol. The molecule has 0 bridgehead atoms. The number of amides is 1. The Morgan fingerprint density at radius 1 is 1.11 bits per heavy atom. The van der Waals surface area contributed by atoms with E-state index in [2.05, 4.69) is 5.32 Å². The summed E-state index contributed by atoms with van der Waals surface area (Å²) in [5.74, 6) is -0.154. The number of halogens is 1. The summed E-state index contributed by atoms with van der Waals surface area (Å²) >= 11 is 0. The zero-order chi connectivity index (χ0) is 13.7. The van der Waals surface area contributed by atoms with Crippen molar-refractivity contribution in [2.24, 2.45) is 0 Å². The summed E-state index contributed by atoms with van der Waals surface area (Å²) < 4.78 is 17.8. The molecule has 0 spiro atoms. The van der Waals surface area contributed by atoms with Crippen molar-refractivity contribution < 1.29 is 19.0 Å². The molecule has 0 aliphatic heterocycles. The number of rotatable bonds is 4. The molecule has 1 amide bonds. The Hall–Kier alpha value is -2.56. The molecule has 19 heavy (non-hydrogen) atoms. The van der Waals surface area contributed by atoms with Gasteiger partial charge in [-0.15, -0.1) is 0 Å². The van der Waals surface area contributed by atoms with Gasteiger partial charge in [0, 0.05) is 5.69 Å². The number of nitrogens with one attached hydrogen (secondary N) is 1. The number of phenolic OH excluding ortho intramolecular Hbond substituents is 1. The summed E-state index contributed by atoms with van der Waals surface area (Å²) in [4.78, 5) is 11.6. The number of carbonyl (C=O) groups is 1. The number of aromatic hydroxyl groups is 1. The molecule has 0 aliphatic carbocycles. The van der Waals surface area contributed by atoms with Crippen LogP contribution in [0.25, 0.3) is 0 Å². The highest BCUT2D eigenvalue weighted by Gasteiger charge is 2.03. The minimum atomic E-state index is -0.360. The molecule has 0 saturated carbocycles. The van der Waals surface area contributed by atoms with Gasteiger partial charge in [-0.3, -0.25) is 4.79 Å². The first-order valence-corrected chi connectivity index (χ1v) is 5.61. The zero-order valence-electron chi connectivity index (χ0n) is 9.97. The van der Waals surface area contributed by atoms with Gasteiger partial charge in [-0.1, -0.05) is 0 Å². The molecule has 5 heteroatoms. The van der Waals surface area contributed by atoms with E-state index in [-0.39, 0.29) is 24.1 Å². The summed E-state index contributed by atoms with van der Waals surface area (Å²) in [6.45, 7) is -0.174. The fourth-order valence-electron chi connectivity index (χ4n) is 1.42. The first-order chi connectivity index (χ1) is 9.13. The molecular formula is C14H12FNO3. The third-order valence-corrected chi connectivity index (χ3v) is 2.33. The van der Waals surface area contributed by atoms with E-state index in [4.69, 9.17) is 9.84 Å². The quantitative estimate of drug-likeness (QED) is 0.831.